The van der Waals surface area contributed by atoms with Crippen molar-refractivity contribution >= 4 is 21.7 Å². The second-order valence-corrected chi connectivity index (χ2v) is 5.50. The summed E-state index contributed by atoms with van der Waals surface area (Å²) in [4.78, 5) is 11.7. The number of carbonyl (C=O) groups is 1. The Morgan fingerprint density at radius 2 is 1.93 bits per heavy atom. The van der Waals surface area contributed by atoms with Gasteiger partial charge in [-0.15, -0.1) is 0 Å². The van der Waals surface area contributed by atoms with E-state index in [0.29, 0.717) is 5.78 Å². The van der Waals surface area contributed by atoms with Gasteiger partial charge in [-0.2, -0.15) is 0 Å². The van der Waals surface area contributed by atoms with Gasteiger partial charge in [0.2, 0.25) is 0 Å². The van der Waals surface area contributed by atoms with Crippen molar-refractivity contribution in [1.29, 1.82) is 0 Å². The second kappa shape index (κ2) is 5.89. The van der Waals surface area contributed by atoms with Crippen LogP contribution in [0.15, 0.2) is 0 Å². The van der Waals surface area contributed by atoms with E-state index in [1.165, 1.54) is 19.3 Å². The van der Waals surface area contributed by atoms with Crippen LogP contribution in [0.1, 0.15) is 52.4 Å². The summed E-state index contributed by atoms with van der Waals surface area (Å²) in [5, 5.41) is 0. The van der Waals surface area contributed by atoms with E-state index < -0.39 is 0 Å². The van der Waals surface area contributed by atoms with Crippen LogP contribution in [0.5, 0.6) is 0 Å². The maximum absolute atomic E-state index is 11.6. The number of halogens is 1. The summed E-state index contributed by atoms with van der Waals surface area (Å²) in [6.07, 6.45) is 6.66. The molecule has 0 aromatic carbocycles. The molecule has 14 heavy (non-hydrogen) atoms. The Morgan fingerprint density at radius 1 is 1.29 bits per heavy atom. The number of ketones is 1. The predicted molar refractivity (Wildman–Crippen MR) is 63.8 cm³/mol. The third kappa shape index (κ3) is 3.08. The normalized spacial score (nSPS) is 35.1. The Balaban J connectivity index is 2.62. The van der Waals surface area contributed by atoms with E-state index >= 15 is 0 Å². The lowest BCUT2D eigenvalue weighted by Crippen LogP contribution is -2.25. The molecule has 1 fully saturated rings. The molecule has 1 nitrogen and oxygen atoms in total. The van der Waals surface area contributed by atoms with Crippen molar-refractivity contribution in [2.24, 2.45) is 11.8 Å². The van der Waals surface area contributed by atoms with Gasteiger partial charge in [-0.05, 0) is 31.1 Å². The fourth-order valence-corrected chi connectivity index (χ4v) is 3.27. The van der Waals surface area contributed by atoms with Gasteiger partial charge in [-0.1, -0.05) is 42.6 Å². The van der Waals surface area contributed by atoms with Gasteiger partial charge in [-0.25, -0.2) is 0 Å². The number of hydrogen-bond donors (Lipinski definition) is 0. The molecule has 1 aliphatic carbocycles. The molecule has 1 aliphatic rings. The van der Waals surface area contributed by atoms with Crippen LogP contribution >= 0.6 is 15.9 Å². The van der Waals surface area contributed by atoms with Crippen LogP contribution in [-0.2, 0) is 4.79 Å². The molecule has 0 saturated heterocycles. The van der Waals surface area contributed by atoms with Crippen molar-refractivity contribution in [3.8, 4) is 0 Å². The van der Waals surface area contributed by atoms with Crippen LogP contribution in [0.25, 0.3) is 0 Å². The third-order valence-corrected chi connectivity index (χ3v) is 4.46. The quantitative estimate of drug-likeness (QED) is 0.688. The Bertz CT molecular complexity index is 191. The molecule has 2 heteroatoms. The lowest BCUT2D eigenvalue weighted by molar-refractivity contribution is -0.119. The molecule has 1 rings (SSSR count). The summed E-state index contributed by atoms with van der Waals surface area (Å²) < 4.78 is 0. The summed E-state index contributed by atoms with van der Waals surface area (Å²) in [7, 11) is 0. The van der Waals surface area contributed by atoms with Gasteiger partial charge in [-0.3, -0.25) is 4.79 Å². The number of rotatable bonds is 2. The smallest absolute Gasteiger partial charge is 0.146 e. The summed E-state index contributed by atoms with van der Waals surface area (Å²) in [6, 6.07) is 0. The molecule has 0 aliphatic heterocycles. The zero-order valence-electron chi connectivity index (χ0n) is 9.26. The molecular formula is C12H21BrO. The third-order valence-electron chi connectivity index (χ3n) is 3.57. The van der Waals surface area contributed by atoms with E-state index in [1.54, 1.807) is 0 Å². The Labute approximate surface area is 95.8 Å². The van der Waals surface area contributed by atoms with E-state index in [-0.39, 0.29) is 4.83 Å². The fourth-order valence-electron chi connectivity index (χ4n) is 2.56. The van der Waals surface area contributed by atoms with E-state index in [1.807, 2.05) is 0 Å². The highest BCUT2D eigenvalue weighted by molar-refractivity contribution is 9.10. The zero-order valence-corrected chi connectivity index (χ0v) is 10.8. The van der Waals surface area contributed by atoms with E-state index in [4.69, 9.17) is 0 Å². The van der Waals surface area contributed by atoms with Crippen LogP contribution in [0.3, 0.4) is 0 Å². The van der Waals surface area contributed by atoms with Gasteiger partial charge in [0.15, 0.2) is 0 Å². The van der Waals surface area contributed by atoms with Crippen molar-refractivity contribution in [3.63, 3.8) is 0 Å². The number of Topliss-reactive ketones (excluding diaryl/α,β-unsaturated/α-hetero) is 1. The van der Waals surface area contributed by atoms with Crippen molar-refractivity contribution < 1.29 is 4.79 Å². The van der Waals surface area contributed by atoms with Crippen molar-refractivity contribution in [2.45, 2.75) is 57.2 Å². The van der Waals surface area contributed by atoms with Gasteiger partial charge in [0, 0.05) is 6.42 Å². The number of alkyl halides is 1. The topological polar surface area (TPSA) is 17.1 Å². The lowest BCUT2D eigenvalue weighted by Gasteiger charge is -2.29. The molecular weight excluding hydrogens is 240 g/mol. The molecule has 82 valence electrons. The minimum Gasteiger partial charge on any atom is -0.298 e. The van der Waals surface area contributed by atoms with Crippen molar-refractivity contribution in [2.75, 3.05) is 0 Å². The first-order chi connectivity index (χ1) is 6.69. The molecule has 0 heterocycles. The van der Waals surface area contributed by atoms with Gasteiger partial charge < -0.3 is 0 Å². The Kier molecular flexibility index (Phi) is 5.14. The molecule has 0 N–H and O–H groups in total. The van der Waals surface area contributed by atoms with Gasteiger partial charge in [0.1, 0.15) is 5.78 Å². The van der Waals surface area contributed by atoms with Gasteiger partial charge >= 0.3 is 0 Å². The minimum atomic E-state index is 0.127. The summed E-state index contributed by atoms with van der Waals surface area (Å²) in [5.41, 5.74) is 0. The number of carbonyl (C=O) groups excluding carboxylic acids is 1. The first-order valence-corrected chi connectivity index (χ1v) is 6.77. The average Bonchev–Trinajstić information content (AvgIpc) is 2.19. The minimum absolute atomic E-state index is 0.127. The molecule has 3 atom stereocenters. The maximum atomic E-state index is 11.6. The van der Waals surface area contributed by atoms with E-state index in [0.717, 1.165) is 31.1 Å². The monoisotopic (exact) mass is 260 g/mol. The van der Waals surface area contributed by atoms with Crippen LogP contribution < -0.4 is 0 Å². The molecule has 0 aromatic rings. The molecule has 0 radical (unpaired) electrons. The van der Waals surface area contributed by atoms with E-state index in [2.05, 4.69) is 29.8 Å². The highest BCUT2D eigenvalue weighted by Crippen LogP contribution is 2.33. The van der Waals surface area contributed by atoms with Crippen molar-refractivity contribution in [1.82, 2.24) is 0 Å². The highest BCUT2D eigenvalue weighted by atomic mass is 79.9. The van der Waals surface area contributed by atoms with Crippen LogP contribution in [0.4, 0.5) is 0 Å². The zero-order chi connectivity index (χ0) is 10.6. The second-order valence-electron chi connectivity index (χ2n) is 4.40. The molecule has 0 spiro atoms. The standard InChI is InChI=1S/C12H21BrO/c1-3-9-6-5-7-12(14)11(13)8-10(9)4-2/h9-11H,3-8H2,1-2H3. The summed E-state index contributed by atoms with van der Waals surface area (Å²) in [6.45, 7) is 4.53. The molecule has 0 aromatic heterocycles. The fraction of sp³-hybridized carbons (Fsp3) is 0.917. The summed E-state index contributed by atoms with van der Waals surface area (Å²) in [5.74, 6) is 2.00. The van der Waals surface area contributed by atoms with Gasteiger partial charge in [0.25, 0.3) is 0 Å². The lowest BCUT2D eigenvalue weighted by atomic mass is 9.78. The first-order valence-electron chi connectivity index (χ1n) is 5.85. The predicted octanol–water partition coefficient (Wildman–Crippen LogP) is 3.95. The van der Waals surface area contributed by atoms with Crippen LogP contribution in [-0.4, -0.2) is 10.6 Å². The molecule has 0 bridgehead atoms. The Hall–Kier alpha value is 0.150. The molecule has 0 amide bonds. The van der Waals surface area contributed by atoms with E-state index in [9.17, 15) is 4.79 Å². The van der Waals surface area contributed by atoms with Crippen LogP contribution in [0.2, 0.25) is 0 Å². The van der Waals surface area contributed by atoms with Crippen molar-refractivity contribution in [3.05, 3.63) is 0 Å². The van der Waals surface area contributed by atoms with Crippen LogP contribution in [0, 0.1) is 11.8 Å². The van der Waals surface area contributed by atoms with Gasteiger partial charge in [0.05, 0.1) is 4.83 Å². The maximum Gasteiger partial charge on any atom is 0.146 e. The summed E-state index contributed by atoms with van der Waals surface area (Å²) >= 11 is 3.53. The Morgan fingerprint density at radius 3 is 2.50 bits per heavy atom. The first kappa shape index (κ1) is 12.2. The number of hydrogen-bond acceptors (Lipinski definition) is 1. The highest BCUT2D eigenvalue weighted by Gasteiger charge is 2.27. The average molecular weight is 261 g/mol. The SMILES string of the molecule is CCC1CCCC(=O)C(Br)CC1CC. The molecule has 1 saturated carbocycles. The largest absolute Gasteiger partial charge is 0.298 e. The molecule has 3 unspecified atom stereocenters.